The highest BCUT2D eigenvalue weighted by molar-refractivity contribution is 5.78. The Morgan fingerprint density at radius 3 is 3.09 bits per heavy atom. The summed E-state index contributed by atoms with van der Waals surface area (Å²) in [5.41, 5.74) is 0.636. The van der Waals surface area contributed by atoms with Crippen LogP contribution in [-0.2, 0) is 11.2 Å². The van der Waals surface area contributed by atoms with Gasteiger partial charge in [0.25, 0.3) is 0 Å². The van der Waals surface area contributed by atoms with Gasteiger partial charge in [-0.3, -0.25) is 4.79 Å². The van der Waals surface area contributed by atoms with E-state index in [4.69, 9.17) is 9.26 Å². The Hall–Kier alpha value is -2.37. The minimum absolute atomic E-state index is 0.00126. The molecule has 0 aliphatic carbocycles. The summed E-state index contributed by atoms with van der Waals surface area (Å²) >= 11 is 0. The number of amides is 1. The van der Waals surface area contributed by atoms with Crippen LogP contribution in [0.5, 0.6) is 5.75 Å². The van der Waals surface area contributed by atoms with E-state index < -0.39 is 0 Å². The van der Waals surface area contributed by atoms with E-state index in [0.717, 1.165) is 6.42 Å². The molecule has 2 heterocycles. The SMILES string of the molecule is Cc1cc(CC(=O)N2CCC(Oc3cccc(F)c3)C2)no1. The molecule has 6 heteroatoms. The van der Waals surface area contributed by atoms with Crippen LogP contribution in [0.4, 0.5) is 4.39 Å². The highest BCUT2D eigenvalue weighted by atomic mass is 19.1. The molecule has 0 spiro atoms. The Labute approximate surface area is 127 Å². The zero-order chi connectivity index (χ0) is 15.5. The fraction of sp³-hybridized carbons (Fsp3) is 0.375. The summed E-state index contributed by atoms with van der Waals surface area (Å²) in [6.45, 7) is 2.93. The van der Waals surface area contributed by atoms with Gasteiger partial charge in [0.05, 0.1) is 18.7 Å². The molecule has 1 unspecified atom stereocenters. The van der Waals surface area contributed by atoms with Gasteiger partial charge in [0.1, 0.15) is 23.4 Å². The van der Waals surface area contributed by atoms with Gasteiger partial charge in [0.15, 0.2) is 0 Å². The fourth-order valence-corrected chi connectivity index (χ4v) is 2.55. The lowest BCUT2D eigenvalue weighted by molar-refractivity contribution is -0.129. The molecule has 0 radical (unpaired) electrons. The highest BCUT2D eigenvalue weighted by Gasteiger charge is 2.28. The smallest absolute Gasteiger partial charge is 0.228 e. The lowest BCUT2D eigenvalue weighted by Crippen LogP contribution is -2.32. The van der Waals surface area contributed by atoms with Gasteiger partial charge in [-0.05, 0) is 19.1 Å². The van der Waals surface area contributed by atoms with Gasteiger partial charge in [-0.1, -0.05) is 11.2 Å². The van der Waals surface area contributed by atoms with Crippen molar-refractivity contribution in [2.45, 2.75) is 25.9 Å². The first-order valence-electron chi connectivity index (χ1n) is 7.22. The lowest BCUT2D eigenvalue weighted by atomic mass is 10.2. The van der Waals surface area contributed by atoms with Crippen LogP contribution < -0.4 is 4.74 Å². The van der Waals surface area contributed by atoms with E-state index in [9.17, 15) is 9.18 Å². The number of aromatic nitrogens is 1. The second-order valence-electron chi connectivity index (χ2n) is 5.43. The number of carbonyl (C=O) groups excluding carboxylic acids is 1. The Morgan fingerprint density at radius 1 is 1.50 bits per heavy atom. The van der Waals surface area contributed by atoms with E-state index in [-0.39, 0.29) is 24.2 Å². The first kappa shape index (κ1) is 14.6. The third-order valence-electron chi connectivity index (χ3n) is 3.61. The van der Waals surface area contributed by atoms with E-state index in [2.05, 4.69) is 5.16 Å². The molecule has 1 aromatic heterocycles. The minimum Gasteiger partial charge on any atom is -0.488 e. The van der Waals surface area contributed by atoms with Crippen molar-refractivity contribution in [3.63, 3.8) is 0 Å². The molecule has 1 atom stereocenters. The van der Waals surface area contributed by atoms with E-state index in [0.29, 0.717) is 30.3 Å². The highest BCUT2D eigenvalue weighted by Crippen LogP contribution is 2.20. The van der Waals surface area contributed by atoms with Crippen LogP contribution in [0.15, 0.2) is 34.9 Å². The van der Waals surface area contributed by atoms with Crippen molar-refractivity contribution in [3.8, 4) is 5.75 Å². The molecule has 0 N–H and O–H groups in total. The van der Waals surface area contributed by atoms with Gasteiger partial charge in [0, 0.05) is 25.1 Å². The quantitative estimate of drug-likeness (QED) is 0.870. The Kier molecular flexibility index (Phi) is 4.09. The number of likely N-dealkylation sites (tertiary alicyclic amines) is 1. The molecule has 1 aliphatic rings. The second kappa shape index (κ2) is 6.17. The van der Waals surface area contributed by atoms with Crippen LogP contribution in [0.3, 0.4) is 0 Å². The Bertz CT molecular complexity index is 671. The summed E-state index contributed by atoms with van der Waals surface area (Å²) in [6.07, 6.45) is 0.856. The van der Waals surface area contributed by atoms with Crippen LogP contribution in [0.2, 0.25) is 0 Å². The second-order valence-corrected chi connectivity index (χ2v) is 5.43. The lowest BCUT2D eigenvalue weighted by Gasteiger charge is -2.16. The van der Waals surface area contributed by atoms with E-state index in [1.807, 2.05) is 0 Å². The van der Waals surface area contributed by atoms with Crippen molar-refractivity contribution in [2.75, 3.05) is 13.1 Å². The first-order chi connectivity index (χ1) is 10.6. The number of ether oxygens (including phenoxy) is 1. The van der Waals surface area contributed by atoms with Crippen molar-refractivity contribution in [1.82, 2.24) is 10.1 Å². The maximum absolute atomic E-state index is 13.1. The average molecular weight is 304 g/mol. The number of halogens is 1. The molecule has 0 bridgehead atoms. The summed E-state index contributed by atoms with van der Waals surface area (Å²) in [4.78, 5) is 13.9. The van der Waals surface area contributed by atoms with Crippen LogP contribution in [0.25, 0.3) is 0 Å². The summed E-state index contributed by atoms with van der Waals surface area (Å²) in [5, 5.41) is 3.83. The molecule has 1 saturated heterocycles. The van der Waals surface area contributed by atoms with Gasteiger partial charge in [-0.25, -0.2) is 4.39 Å². The zero-order valence-corrected chi connectivity index (χ0v) is 12.3. The number of aryl methyl sites for hydroxylation is 1. The van der Waals surface area contributed by atoms with Crippen molar-refractivity contribution in [1.29, 1.82) is 0 Å². The third-order valence-corrected chi connectivity index (χ3v) is 3.61. The topological polar surface area (TPSA) is 55.6 Å². The third kappa shape index (κ3) is 3.44. The van der Waals surface area contributed by atoms with E-state index in [1.165, 1.54) is 12.1 Å². The average Bonchev–Trinajstić information content (AvgIpc) is 3.08. The van der Waals surface area contributed by atoms with Crippen molar-refractivity contribution in [2.24, 2.45) is 0 Å². The van der Waals surface area contributed by atoms with E-state index >= 15 is 0 Å². The maximum Gasteiger partial charge on any atom is 0.228 e. The van der Waals surface area contributed by atoms with Crippen LogP contribution in [0, 0.1) is 12.7 Å². The number of hydrogen-bond donors (Lipinski definition) is 0. The molecule has 116 valence electrons. The molecule has 3 rings (SSSR count). The number of nitrogens with zero attached hydrogens (tertiary/aromatic N) is 2. The molecule has 1 fully saturated rings. The summed E-state index contributed by atoms with van der Waals surface area (Å²) in [6, 6.07) is 7.80. The number of benzene rings is 1. The van der Waals surface area contributed by atoms with Gasteiger partial charge in [0.2, 0.25) is 5.91 Å². The van der Waals surface area contributed by atoms with Crippen molar-refractivity contribution < 1.29 is 18.4 Å². The summed E-state index contributed by atoms with van der Waals surface area (Å²) < 4.78 is 23.8. The largest absolute Gasteiger partial charge is 0.488 e. The molecule has 0 saturated carbocycles. The van der Waals surface area contributed by atoms with Gasteiger partial charge in [-0.15, -0.1) is 0 Å². The zero-order valence-electron chi connectivity index (χ0n) is 12.3. The molecular weight excluding hydrogens is 287 g/mol. The minimum atomic E-state index is -0.329. The van der Waals surface area contributed by atoms with Crippen molar-refractivity contribution >= 4 is 5.91 Å². The first-order valence-corrected chi connectivity index (χ1v) is 7.22. The summed E-state index contributed by atoms with van der Waals surface area (Å²) in [7, 11) is 0. The number of hydrogen-bond acceptors (Lipinski definition) is 4. The predicted octanol–water partition coefficient (Wildman–Crippen LogP) is 2.34. The number of carbonyl (C=O) groups is 1. The Morgan fingerprint density at radius 2 is 2.36 bits per heavy atom. The monoisotopic (exact) mass is 304 g/mol. The van der Waals surface area contributed by atoms with E-state index in [1.54, 1.807) is 30.0 Å². The van der Waals surface area contributed by atoms with Crippen LogP contribution >= 0.6 is 0 Å². The molecule has 5 nitrogen and oxygen atoms in total. The van der Waals surface area contributed by atoms with Gasteiger partial charge in [-0.2, -0.15) is 0 Å². The normalized spacial score (nSPS) is 17.7. The molecule has 2 aromatic rings. The van der Waals surface area contributed by atoms with Gasteiger partial charge < -0.3 is 14.2 Å². The standard InChI is InChI=1S/C16H17FN2O3/c1-11-7-13(18-22-11)9-16(20)19-6-5-15(10-19)21-14-4-2-3-12(17)8-14/h2-4,7-8,15H,5-6,9-10H2,1H3. The Balaban J connectivity index is 1.54. The predicted molar refractivity (Wildman–Crippen MR) is 77.0 cm³/mol. The molecular formula is C16H17FN2O3. The fourth-order valence-electron chi connectivity index (χ4n) is 2.55. The molecule has 1 aliphatic heterocycles. The van der Waals surface area contributed by atoms with Crippen LogP contribution in [0.1, 0.15) is 17.9 Å². The maximum atomic E-state index is 13.1. The number of rotatable bonds is 4. The molecule has 1 amide bonds. The van der Waals surface area contributed by atoms with Gasteiger partial charge >= 0.3 is 0 Å². The molecule has 22 heavy (non-hydrogen) atoms. The summed E-state index contributed by atoms with van der Waals surface area (Å²) in [5.74, 6) is 0.853. The molecule has 1 aromatic carbocycles. The van der Waals surface area contributed by atoms with Crippen LogP contribution in [-0.4, -0.2) is 35.2 Å². The van der Waals surface area contributed by atoms with Crippen molar-refractivity contribution in [3.05, 3.63) is 47.6 Å².